The van der Waals surface area contributed by atoms with Crippen molar-refractivity contribution in [1.29, 1.82) is 0 Å². The molecule has 324 valence electrons. The zero-order valence-corrected chi connectivity index (χ0v) is 37.7. The van der Waals surface area contributed by atoms with Crippen LogP contribution in [0.1, 0.15) is 0 Å². The van der Waals surface area contributed by atoms with Gasteiger partial charge in [0.05, 0.1) is 11.0 Å². The molecular formula is C66H44N2O. The number of hydrogen-bond acceptors (Lipinski definition) is 2. The molecule has 0 aliphatic heterocycles. The lowest BCUT2D eigenvalue weighted by Gasteiger charge is -2.26. The Kier molecular flexibility index (Phi) is 9.84. The van der Waals surface area contributed by atoms with Gasteiger partial charge in [0, 0.05) is 49.9 Å². The summed E-state index contributed by atoms with van der Waals surface area (Å²) in [6.45, 7) is 0. The van der Waals surface area contributed by atoms with Crippen LogP contribution >= 0.6 is 0 Å². The number of rotatable bonds is 9. The van der Waals surface area contributed by atoms with Crippen molar-refractivity contribution in [2.75, 3.05) is 4.90 Å². The van der Waals surface area contributed by atoms with E-state index in [4.69, 9.17) is 4.42 Å². The highest BCUT2D eigenvalue weighted by Gasteiger charge is 2.18. The number of para-hydroxylation sites is 5. The lowest BCUT2D eigenvalue weighted by Crippen LogP contribution is -2.09. The molecule has 0 aliphatic carbocycles. The third kappa shape index (κ3) is 7.25. The summed E-state index contributed by atoms with van der Waals surface area (Å²) >= 11 is 0. The van der Waals surface area contributed by atoms with Crippen molar-refractivity contribution in [2.24, 2.45) is 0 Å². The van der Waals surface area contributed by atoms with E-state index in [1.54, 1.807) is 0 Å². The fourth-order valence-corrected chi connectivity index (χ4v) is 10.3. The molecule has 0 aliphatic rings. The van der Waals surface area contributed by atoms with Crippen LogP contribution in [0.5, 0.6) is 0 Å². The molecule has 13 aromatic rings. The maximum atomic E-state index is 6.68. The molecule has 0 saturated heterocycles. The summed E-state index contributed by atoms with van der Waals surface area (Å²) in [4.78, 5) is 2.34. The molecule has 69 heavy (non-hydrogen) atoms. The maximum absolute atomic E-state index is 6.68. The van der Waals surface area contributed by atoms with Crippen LogP contribution in [0, 0.1) is 0 Å². The summed E-state index contributed by atoms with van der Waals surface area (Å²) in [5.41, 5.74) is 19.9. The topological polar surface area (TPSA) is 21.3 Å². The predicted molar refractivity (Wildman–Crippen MR) is 290 cm³/mol. The molecule has 3 heteroatoms. The number of anilines is 3. The highest BCUT2D eigenvalue weighted by molar-refractivity contribution is 6.11. The van der Waals surface area contributed by atoms with Crippen molar-refractivity contribution >= 4 is 60.8 Å². The summed E-state index contributed by atoms with van der Waals surface area (Å²) in [6, 6.07) is 96.1. The van der Waals surface area contributed by atoms with Crippen LogP contribution in [0.3, 0.4) is 0 Å². The van der Waals surface area contributed by atoms with Crippen LogP contribution in [0.15, 0.2) is 271 Å². The van der Waals surface area contributed by atoms with Crippen LogP contribution in [0.4, 0.5) is 17.1 Å². The zero-order valence-electron chi connectivity index (χ0n) is 37.7. The van der Waals surface area contributed by atoms with E-state index < -0.39 is 0 Å². The van der Waals surface area contributed by atoms with Crippen molar-refractivity contribution in [3.63, 3.8) is 0 Å². The largest absolute Gasteiger partial charge is 0.455 e. The van der Waals surface area contributed by atoms with Gasteiger partial charge in [-0.15, -0.1) is 0 Å². The Morgan fingerprint density at radius 1 is 0.275 bits per heavy atom. The summed E-state index contributed by atoms with van der Waals surface area (Å²) in [7, 11) is 0. The number of furan rings is 1. The first-order chi connectivity index (χ1) is 34.2. The molecule has 2 aromatic heterocycles. The van der Waals surface area contributed by atoms with Gasteiger partial charge in [0.2, 0.25) is 0 Å². The van der Waals surface area contributed by atoms with Crippen molar-refractivity contribution in [1.82, 2.24) is 4.57 Å². The Morgan fingerprint density at radius 2 is 0.768 bits per heavy atom. The smallest absolute Gasteiger partial charge is 0.143 e. The van der Waals surface area contributed by atoms with Crippen LogP contribution in [-0.2, 0) is 0 Å². The lowest BCUT2D eigenvalue weighted by atomic mass is 9.91. The van der Waals surface area contributed by atoms with Crippen LogP contribution in [0.25, 0.3) is 105 Å². The molecular weight excluding hydrogens is 837 g/mol. The summed E-state index contributed by atoms with van der Waals surface area (Å²) < 4.78 is 9.07. The van der Waals surface area contributed by atoms with Gasteiger partial charge in [-0.25, -0.2) is 0 Å². The molecule has 0 fully saturated rings. The number of benzene rings is 11. The minimum Gasteiger partial charge on any atom is -0.455 e. The molecule has 13 rings (SSSR count). The summed E-state index contributed by atoms with van der Waals surface area (Å²) in [6.07, 6.45) is 0. The van der Waals surface area contributed by atoms with Gasteiger partial charge in [-0.05, 0) is 141 Å². The van der Waals surface area contributed by atoms with Crippen molar-refractivity contribution in [3.05, 3.63) is 267 Å². The molecule has 0 unspecified atom stereocenters. The second kappa shape index (κ2) is 16.9. The molecule has 2 heterocycles. The van der Waals surface area contributed by atoms with Crippen molar-refractivity contribution in [2.45, 2.75) is 0 Å². The standard InChI is InChI=1S/C66H44N2O/c1-4-17-45(18-5-1)46-33-36-56(37-34-46)67(54-22-6-2-7-23-54)57-26-15-21-49(43-57)47-19-14-20-48(39-47)51-40-52(42-53(41-51)58-29-16-30-62-61-28-11-13-32-65(61)69-66(58)62)50-35-38-60-59-27-10-12-31-63(59)68(64(60)44-50)55-24-8-3-9-25-55/h1-44H. The minimum absolute atomic E-state index is 0.889. The van der Waals surface area contributed by atoms with Crippen LogP contribution in [0.2, 0.25) is 0 Å². The van der Waals surface area contributed by atoms with E-state index in [1.165, 1.54) is 32.9 Å². The lowest BCUT2D eigenvalue weighted by molar-refractivity contribution is 0.670. The molecule has 0 radical (unpaired) electrons. The molecule has 0 atom stereocenters. The number of fused-ring (bicyclic) bond motifs is 6. The van der Waals surface area contributed by atoms with Gasteiger partial charge < -0.3 is 13.9 Å². The second-order valence-corrected chi connectivity index (χ2v) is 17.7. The van der Waals surface area contributed by atoms with Gasteiger partial charge in [-0.1, -0.05) is 176 Å². The van der Waals surface area contributed by atoms with E-state index in [0.717, 1.165) is 89.2 Å². The van der Waals surface area contributed by atoms with Crippen LogP contribution < -0.4 is 4.90 Å². The van der Waals surface area contributed by atoms with Crippen LogP contribution in [-0.4, -0.2) is 4.57 Å². The molecule has 0 saturated carbocycles. The van der Waals surface area contributed by atoms with E-state index in [1.807, 2.05) is 6.07 Å². The minimum atomic E-state index is 0.889. The molecule has 11 aromatic carbocycles. The van der Waals surface area contributed by atoms with Gasteiger partial charge in [0.15, 0.2) is 0 Å². The number of hydrogen-bond donors (Lipinski definition) is 0. The monoisotopic (exact) mass is 880 g/mol. The molecule has 0 amide bonds. The average molecular weight is 881 g/mol. The van der Waals surface area contributed by atoms with E-state index in [0.29, 0.717) is 0 Å². The molecule has 0 bridgehead atoms. The normalized spacial score (nSPS) is 11.5. The Balaban J connectivity index is 0.950. The number of nitrogens with zero attached hydrogens (tertiary/aromatic N) is 2. The fourth-order valence-electron chi connectivity index (χ4n) is 10.3. The van der Waals surface area contributed by atoms with Crippen molar-refractivity contribution < 1.29 is 4.42 Å². The Morgan fingerprint density at radius 3 is 1.55 bits per heavy atom. The van der Waals surface area contributed by atoms with E-state index in [9.17, 15) is 0 Å². The van der Waals surface area contributed by atoms with Crippen molar-refractivity contribution in [3.8, 4) is 61.3 Å². The Bertz CT molecular complexity index is 4000. The van der Waals surface area contributed by atoms with E-state index in [2.05, 4.69) is 270 Å². The quantitative estimate of drug-likeness (QED) is 0.144. The number of aromatic nitrogens is 1. The molecule has 0 N–H and O–H groups in total. The van der Waals surface area contributed by atoms with Gasteiger partial charge >= 0.3 is 0 Å². The first kappa shape index (κ1) is 40.1. The predicted octanol–water partition coefficient (Wildman–Crippen LogP) is 18.5. The van der Waals surface area contributed by atoms with E-state index >= 15 is 0 Å². The van der Waals surface area contributed by atoms with E-state index in [-0.39, 0.29) is 0 Å². The highest BCUT2D eigenvalue weighted by atomic mass is 16.3. The molecule has 0 spiro atoms. The first-order valence-corrected chi connectivity index (χ1v) is 23.6. The van der Waals surface area contributed by atoms with Gasteiger partial charge in [0.25, 0.3) is 0 Å². The summed E-state index contributed by atoms with van der Waals surface area (Å²) in [5.74, 6) is 0. The zero-order chi connectivity index (χ0) is 45.7. The average Bonchev–Trinajstić information content (AvgIpc) is 3.98. The Labute approximate surface area is 401 Å². The second-order valence-electron chi connectivity index (χ2n) is 17.7. The van der Waals surface area contributed by atoms with Gasteiger partial charge in [0.1, 0.15) is 11.2 Å². The maximum Gasteiger partial charge on any atom is 0.143 e. The fraction of sp³-hybridized carbons (Fsp3) is 0. The third-order valence-electron chi connectivity index (χ3n) is 13.6. The first-order valence-electron chi connectivity index (χ1n) is 23.6. The Hall–Kier alpha value is -9.18. The van der Waals surface area contributed by atoms with Gasteiger partial charge in [-0.2, -0.15) is 0 Å². The summed E-state index contributed by atoms with van der Waals surface area (Å²) in [5, 5.41) is 4.70. The van der Waals surface area contributed by atoms with Gasteiger partial charge in [-0.3, -0.25) is 0 Å². The highest BCUT2D eigenvalue weighted by Crippen LogP contribution is 2.43. The molecule has 3 nitrogen and oxygen atoms in total. The third-order valence-corrected chi connectivity index (χ3v) is 13.6. The SMILES string of the molecule is c1ccc(-c2ccc(N(c3ccccc3)c3cccc(-c4cccc(-c5cc(-c6ccc7c8ccccc8n(-c8ccccc8)c7c6)cc(-c6cccc7c6oc6ccccc67)c5)c4)c3)cc2)cc1.